The topological polar surface area (TPSA) is 80.0 Å². The highest BCUT2D eigenvalue weighted by Crippen LogP contribution is 2.45. The van der Waals surface area contributed by atoms with Crippen molar-refractivity contribution in [3.05, 3.63) is 92.5 Å². The van der Waals surface area contributed by atoms with Gasteiger partial charge in [0.25, 0.3) is 5.91 Å². The van der Waals surface area contributed by atoms with Crippen LogP contribution in [0.1, 0.15) is 62.4 Å². The summed E-state index contributed by atoms with van der Waals surface area (Å²) in [6, 6.07) is 12.8. The molecule has 5 rings (SSSR count). The Morgan fingerprint density at radius 1 is 1.09 bits per heavy atom. The molecule has 0 spiro atoms. The molecule has 1 amide bonds. The lowest BCUT2D eigenvalue weighted by Gasteiger charge is -2.24. The summed E-state index contributed by atoms with van der Waals surface area (Å²) < 4.78 is 5.33. The predicted molar refractivity (Wildman–Crippen MR) is 136 cm³/mol. The van der Waals surface area contributed by atoms with Crippen LogP contribution in [0.15, 0.2) is 53.1 Å². The highest BCUT2D eigenvalue weighted by molar-refractivity contribution is 7.16. The van der Waals surface area contributed by atoms with Crippen LogP contribution in [-0.2, 0) is 12.8 Å². The molecule has 8 heteroatoms. The van der Waals surface area contributed by atoms with Crippen molar-refractivity contribution in [1.29, 1.82) is 0 Å². The van der Waals surface area contributed by atoms with Gasteiger partial charge in [0.15, 0.2) is 5.76 Å². The average molecular weight is 493 g/mol. The number of thiophene rings is 1. The van der Waals surface area contributed by atoms with E-state index in [1.807, 2.05) is 44.2 Å². The Morgan fingerprint density at radius 2 is 1.85 bits per heavy atom. The lowest BCUT2D eigenvalue weighted by Crippen LogP contribution is -2.20. The number of furan rings is 1. The predicted octanol–water partition coefficient (Wildman–Crippen LogP) is 6.73. The number of hydrogen-bond acceptors (Lipinski definition) is 6. The number of rotatable bonds is 6. The molecule has 0 bridgehead atoms. The Hall–Kier alpha value is -3.16. The number of halogens is 1. The third kappa shape index (κ3) is 4.58. The van der Waals surface area contributed by atoms with E-state index in [-0.39, 0.29) is 17.7 Å². The van der Waals surface area contributed by atoms with Gasteiger partial charge in [-0.15, -0.1) is 11.3 Å². The van der Waals surface area contributed by atoms with Crippen LogP contribution in [0.4, 0.5) is 10.9 Å². The fraction of sp³-hybridized carbons (Fsp3) is 0.269. The number of hydrogen-bond donors (Lipinski definition) is 2. The number of carbonyl (C=O) groups is 1. The van der Waals surface area contributed by atoms with Gasteiger partial charge in [-0.05, 0) is 74.9 Å². The van der Waals surface area contributed by atoms with Crippen LogP contribution in [0.3, 0.4) is 0 Å². The van der Waals surface area contributed by atoms with Gasteiger partial charge in [0.1, 0.15) is 5.00 Å². The third-order valence-corrected chi connectivity index (χ3v) is 7.51. The van der Waals surface area contributed by atoms with Crippen LogP contribution in [0.2, 0.25) is 5.02 Å². The van der Waals surface area contributed by atoms with Crippen LogP contribution in [0.5, 0.6) is 0 Å². The zero-order valence-electron chi connectivity index (χ0n) is 19.0. The first-order chi connectivity index (χ1) is 16.5. The van der Waals surface area contributed by atoms with Crippen molar-refractivity contribution < 1.29 is 9.21 Å². The van der Waals surface area contributed by atoms with E-state index in [9.17, 15) is 4.79 Å². The van der Waals surface area contributed by atoms with Gasteiger partial charge in [0.05, 0.1) is 12.3 Å². The number of anilines is 2. The molecule has 174 valence electrons. The lowest BCUT2D eigenvalue weighted by atomic mass is 9.89. The van der Waals surface area contributed by atoms with Crippen LogP contribution in [-0.4, -0.2) is 15.9 Å². The summed E-state index contributed by atoms with van der Waals surface area (Å²) in [7, 11) is 0. The fourth-order valence-electron chi connectivity index (χ4n) is 4.50. The first-order valence-electron chi connectivity index (χ1n) is 11.3. The summed E-state index contributed by atoms with van der Waals surface area (Å²) in [4.78, 5) is 23.5. The van der Waals surface area contributed by atoms with Crippen molar-refractivity contribution in [3.63, 3.8) is 0 Å². The quantitative estimate of drug-likeness (QED) is 0.312. The Morgan fingerprint density at radius 3 is 2.59 bits per heavy atom. The van der Waals surface area contributed by atoms with Gasteiger partial charge in [0, 0.05) is 26.9 Å². The summed E-state index contributed by atoms with van der Waals surface area (Å²) in [6.07, 6.45) is 5.70. The minimum Gasteiger partial charge on any atom is -0.459 e. The summed E-state index contributed by atoms with van der Waals surface area (Å²) >= 11 is 8.34. The van der Waals surface area contributed by atoms with Gasteiger partial charge >= 0.3 is 0 Å². The van der Waals surface area contributed by atoms with E-state index in [0.29, 0.717) is 11.0 Å². The largest absolute Gasteiger partial charge is 0.459 e. The highest BCUT2D eigenvalue weighted by atomic mass is 35.5. The molecular formula is C26H25ClN4O2S. The van der Waals surface area contributed by atoms with E-state index in [1.54, 1.807) is 23.5 Å². The van der Waals surface area contributed by atoms with Crippen molar-refractivity contribution in [1.82, 2.24) is 9.97 Å². The highest BCUT2D eigenvalue weighted by Gasteiger charge is 2.30. The molecule has 0 radical (unpaired) electrons. The van der Waals surface area contributed by atoms with E-state index in [1.165, 1.54) is 16.7 Å². The van der Waals surface area contributed by atoms with Crippen molar-refractivity contribution in [3.8, 4) is 0 Å². The molecule has 4 aromatic rings. The summed E-state index contributed by atoms with van der Waals surface area (Å²) in [5.41, 5.74) is 4.97. The summed E-state index contributed by atoms with van der Waals surface area (Å²) in [5, 5.41) is 8.10. The molecular weight excluding hydrogens is 468 g/mol. The SMILES string of the molecule is Cc1cc(C)nc(N[C@@H](c2ccccc2Cl)c2c(NC(=O)c3ccco3)sc3c2CCCC3)n1. The molecule has 3 heterocycles. The van der Waals surface area contributed by atoms with Crippen molar-refractivity contribution >= 4 is 39.8 Å². The molecule has 0 saturated heterocycles. The Labute approximate surface area is 207 Å². The second-order valence-electron chi connectivity index (χ2n) is 8.46. The number of fused-ring (bicyclic) bond motifs is 1. The normalized spacial score (nSPS) is 13.9. The number of aromatic nitrogens is 2. The van der Waals surface area contributed by atoms with Crippen LogP contribution < -0.4 is 10.6 Å². The second kappa shape index (κ2) is 9.60. The molecule has 1 aliphatic rings. The Balaban J connectivity index is 1.64. The molecule has 0 aliphatic heterocycles. The standard InChI is InChI=1S/C26H25ClN4O2S/c1-15-14-16(2)29-26(28-15)30-23(17-8-3-5-10-19(17)27)22-18-9-4-6-12-21(18)34-25(22)31-24(32)20-11-7-13-33-20/h3,5,7-8,10-11,13-14,23H,4,6,9,12H2,1-2H3,(H,31,32)(H,28,29,30)/t23-/m0/s1. The molecule has 0 fully saturated rings. The molecule has 34 heavy (non-hydrogen) atoms. The first kappa shape index (κ1) is 22.6. The maximum atomic E-state index is 12.9. The van der Waals surface area contributed by atoms with Crippen LogP contribution in [0, 0.1) is 13.8 Å². The minimum atomic E-state index is -0.333. The molecule has 1 aliphatic carbocycles. The van der Waals surface area contributed by atoms with Crippen LogP contribution in [0.25, 0.3) is 0 Å². The van der Waals surface area contributed by atoms with Gasteiger partial charge in [-0.3, -0.25) is 4.79 Å². The van der Waals surface area contributed by atoms with Crippen molar-refractivity contribution in [2.24, 2.45) is 0 Å². The number of aryl methyl sites for hydroxylation is 3. The van der Waals surface area contributed by atoms with Gasteiger partial charge in [0.2, 0.25) is 5.95 Å². The summed E-state index contributed by atoms with van der Waals surface area (Å²) in [6.45, 7) is 3.90. The maximum Gasteiger partial charge on any atom is 0.291 e. The van der Waals surface area contributed by atoms with Gasteiger partial charge in [-0.1, -0.05) is 29.8 Å². The molecule has 0 unspecified atom stereocenters. The lowest BCUT2D eigenvalue weighted by molar-refractivity contribution is 0.0997. The van der Waals surface area contributed by atoms with Gasteiger partial charge in [-0.25, -0.2) is 9.97 Å². The molecule has 2 N–H and O–H groups in total. The molecule has 3 aromatic heterocycles. The smallest absolute Gasteiger partial charge is 0.291 e. The average Bonchev–Trinajstić information content (AvgIpc) is 3.46. The van der Waals surface area contributed by atoms with E-state index in [2.05, 4.69) is 20.6 Å². The second-order valence-corrected chi connectivity index (χ2v) is 9.97. The van der Waals surface area contributed by atoms with E-state index in [0.717, 1.165) is 53.2 Å². The molecule has 1 atom stereocenters. The zero-order valence-corrected chi connectivity index (χ0v) is 20.6. The minimum absolute atomic E-state index is 0.273. The maximum absolute atomic E-state index is 12.9. The molecule has 1 aromatic carbocycles. The fourth-order valence-corrected chi connectivity index (χ4v) is 6.06. The van der Waals surface area contributed by atoms with E-state index >= 15 is 0 Å². The monoisotopic (exact) mass is 492 g/mol. The van der Waals surface area contributed by atoms with Crippen molar-refractivity contribution in [2.75, 3.05) is 10.6 Å². The first-order valence-corrected chi connectivity index (χ1v) is 12.5. The van der Waals surface area contributed by atoms with Gasteiger partial charge < -0.3 is 15.1 Å². The number of carbonyl (C=O) groups excluding carboxylic acids is 1. The number of amides is 1. The third-order valence-electron chi connectivity index (χ3n) is 5.94. The number of benzene rings is 1. The van der Waals surface area contributed by atoms with E-state index in [4.69, 9.17) is 16.0 Å². The van der Waals surface area contributed by atoms with Crippen LogP contribution >= 0.6 is 22.9 Å². The molecule has 0 saturated carbocycles. The molecule has 6 nitrogen and oxygen atoms in total. The Bertz CT molecular complexity index is 1310. The zero-order chi connectivity index (χ0) is 23.7. The Kier molecular flexibility index (Phi) is 6.39. The number of nitrogens with zero attached hydrogens (tertiary/aromatic N) is 2. The summed E-state index contributed by atoms with van der Waals surface area (Å²) in [5.74, 6) is 0.532. The van der Waals surface area contributed by atoms with E-state index < -0.39 is 0 Å². The number of nitrogens with one attached hydrogen (secondary N) is 2. The van der Waals surface area contributed by atoms with Gasteiger partial charge in [-0.2, -0.15) is 0 Å². The van der Waals surface area contributed by atoms with Crippen molar-refractivity contribution in [2.45, 2.75) is 45.6 Å².